The quantitative estimate of drug-likeness (QED) is 0.809. The first kappa shape index (κ1) is 14.7. The molecule has 0 spiro atoms. The highest BCUT2D eigenvalue weighted by Crippen LogP contribution is 2.34. The van der Waals surface area contributed by atoms with Gasteiger partial charge in [-0.15, -0.1) is 0 Å². The van der Waals surface area contributed by atoms with Gasteiger partial charge in [-0.05, 0) is 30.9 Å². The van der Waals surface area contributed by atoms with Gasteiger partial charge in [0.1, 0.15) is 0 Å². The van der Waals surface area contributed by atoms with E-state index in [2.05, 4.69) is 18.7 Å². The molecule has 0 heterocycles. The van der Waals surface area contributed by atoms with Gasteiger partial charge >= 0.3 is 5.97 Å². The lowest BCUT2D eigenvalue weighted by atomic mass is 10.1. The molecule has 0 amide bonds. The number of nitrogen functional groups attached to an aromatic ring is 1. The van der Waals surface area contributed by atoms with Crippen molar-refractivity contribution in [2.45, 2.75) is 45.6 Å². The minimum Gasteiger partial charge on any atom is -0.478 e. The summed E-state index contributed by atoms with van der Waals surface area (Å²) in [4.78, 5) is 13.6. The van der Waals surface area contributed by atoms with E-state index in [1.54, 1.807) is 12.1 Å². The predicted octanol–water partition coefficient (Wildman–Crippen LogP) is 3.37. The van der Waals surface area contributed by atoms with E-state index in [0.29, 0.717) is 17.6 Å². The molecule has 2 rings (SSSR count). The Morgan fingerprint density at radius 2 is 2.05 bits per heavy atom. The Labute approximate surface area is 120 Å². The molecule has 0 atom stereocenters. The van der Waals surface area contributed by atoms with Gasteiger partial charge in [0.25, 0.3) is 0 Å². The van der Waals surface area contributed by atoms with Crippen molar-refractivity contribution in [2.24, 2.45) is 5.92 Å². The first-order chi connectivity index (χ1) is 9.50. The molecule has 3 N–H and O–H groups in total. The molecule has 0 bridgehead atoms. The van der Waals surface area contributed by atoms with Crippen LogP contribution in [0.1, 0.15) is 49.9 Å². The molecule has 1 aromatic carbocycles. The van der Waals surface area contributed by atoms with Crippen LogP contribution < -0.4 is 10.6 Å². The summed E-state index contributed by atoms with van der Waals surface area (Å²) in [5.41, 5.74) is 7.58. The third-order valence-corrected chi connectivity index (χ3v) is 3.95. The van der Waals surface area contributed by atoms with E-state index in [-0.39, 0.29) is 5.56 Å². The van der Waals surface area contributed by atoms with Gasteiger partial charge in [0.2, 0.25) is 0 Å². The number of benzene rings is 1. The van der Waals surface area contributed by atoms with Crippen LogP contribution in [0.25, 0.3) is 0 Å². The zero-order valence-corrected chi connectivity index (χ0v) is 12.3. The second kappa shape index (κ2) is 6.16. The van der Waals surface area contributed by atoms with E-state index in [9.17, 15) is 9.90 Å². The van der Waals surface area contributed by atoms with Gasteiger partial charge in [-0.2, -0.15) is 0 Å². The van der Waals surface area contributed by atoms with Gasteiger partial charge < -0.3 is 15.7 Å². The van der Waals surface area contributed by atoms with Crippen LogP contribution in [0.2, 0.25) is 0 Å². The van der Waals surface area contributed by atoms with Crippen molar-refractivity contribution in [1.82, 2.24) is 0 Å². The average Bonchev–Trinajstić information content (AvgIpc) is 2.89. The predicted molar refractivity (Wildman–Crippen MR) is 82.3 cm³/mol. The Morgan fingerprint density at radius 3 is 2.60 bits per heavy atom. The summed E-state index contributed by atoms with van der Waals surface area (Å²) in [7, 11) is 0. The highest BCUT2D eigenvalue weighted by Gasteiger charge is 2.26. The normalized spacial score (nSPS) is 15.8. The number of carbonyl (C=O) groups is 1. The second-order valence-electron chi connectivity index (χ2n) is 6.03. The first-order valence-corrected chi connectivity index (χ1v) is 7.39. The van der Waals surface area contributed by atoms with Crippen molar-refractivity contribution < 1.29 is 9.90 Å². The summed E-state index contributed by atoms with van der Waals surface area (Å²) < 4.78 is 0. The maximum absolute atomic E-state index is 11.2. The van der Waals surface area contributed by atoms with Gasteiger partial charge in [0, 0.05) is 12.6 Å². The standard InChI is InChI=1S/C16H24N2O2/c1-11(2)10-18(12-6-3-4-7-12)14-9-5-8-13(15(14)17)16(19)20/h5,8-9,11-12H,3-4,6-7,10,17H2,1-2H3,(H,19,20). The topological polar surface area (TPSA) is 66.6 Å². The molecule has 0 aromatic heterocycles. The van der Waals surface area contributed by atoms with Crippen LogP contribution in [0.15, 0.2) is 18.2 Å². The number of anilines is 2. The average molecular weight is 276 g/mol. The monoisotopic (exact) mass is 276 g/mol. The molecule has 0 aliphatic heterocycles. The van der Waals surface area contributed by atoms with E-state index in [1.165, 1.54) is 25.7 Å². The zero-order chi connectivity index (χ0) is 14.7. The van der Waals surface area contributed by atoms with Crippen LogP contribution in [0.5, 0.6) is 0 Å². The van der Waals surface area contributed by atoms with Gasteiger partial charge in [0.05, 0.1) is 16.9 Å². The SMILES string of the molecule is CC(C)CN(c1cccc(C(=O)O)c1N)C1CCCC1. The van der Waals surface area contributed by atoms with Crippen molar-refractivity contribution in [1.29, 1.82) is 0 Å². The Kier molecular flexibility index (Phi) is 4.53. The van der Waals surface area contributed by atoms with Crippen LogP contribution in [-0.2, 0) is 0 Å². The lowest BCUT2D eigenvalue weighted by molar-refractivity contribution is 0.0698. The summed E-state index contributed by atoms with van der Waals surface area (Å²) in [6.07, 6.45) is 4.84. The minimum atomic E-state index is -0.958. The molecule has 1 aliphatic rings. The van der Waals surface area contributed by atoms with E-state index in [4.69, 9.17) is 5.73 Å². The van der Waals surface area contributed by atoms with Crippen molar-refractivity contribution in [3.8, 4) is 0 Å². The fourth-order valence-electron chi connectivity index (χ4n) is 3.04. The van der Waals surface area contributed by atoms with Crippen LogP contribution in [0, 0.1) is 5.92 Å². The number of nitrogens with zero attached hydrogens (tertiary/aromatic N) is 1. The van der Waals surface area contributed by atoms with E-state index in [1.807, 2.05) is 6.07 Å². The van der Waals surface area contributed by atoms with E-state index >= 15 is 0 Å². The smallest absolute Gasteiger partial charge is 0.337 e. The molecular formula is C16H24N2O2. The van der Waals surface area contributed by atoms with Crippen molar-refractivity contribution in [3.05, 3.63) is 23.8 Å². The molecule has 110 valence electrons. The number of carboxylic acid groups (broad SMARTS) is 1. The van der Waals surface area contributed by atoms with Gasteiger partial charge in [-0.25, -0.2) is 4.79 Å². The Balaban J connectivity index is 2.37. The van der Waals surface area contributed by atoms with Gasteiger partial charge in [-0.3, -0.25) is 0 Å². The Morgan fingerprint density at radius 1 is 1.40 bits per heavy atom. The summed E-state index contributed by atoms with van der Waals surface area (Å²) in [6.45, 7) is 5.27. The number of aromatic carboxylic acids is 1. The van der Waals surface area contributed by atoms with Crippen molar-refractivity contribution in [2.75, 3.05) is 17.2 Å². The summed E-state index contributed by atoms with van der Waals surface area (Å²) >= 11 is 0. The third-order valence-electron chi connectivity index (χ3n) is 3.95. The maximum atomic E-state index is 11.2. The lowest BCUT2D eigenvalue weighted by Crippen LogP contribution is -2.37. The van der Waals surface area contributed by atoms with E-state index < -0.39 is 5.97 Å². The molecule has 1 aliphatic carbocycles. The highest BCUT2D eigenvalue weighted by atomic mass is 16.4. The van der Waals surface area contributed by atoms with Gasteiger partial charge in [-0.1, -0.05) is 32.8 Å². The largest absolute Gasteiger partial charge is 0.478 e. The van der Waals surface area contributed by atoms with Crippen LogP contribution in [-0.4, -0.2) is 23.7 Å². The minimum absolute atomic E-state index is 0.203. The molecular weight excluding hydrogens is 252 g/mol. The molecule has 0 radical (unpaired) electrons. The van der Waals surface area contributed by atoms with Crippen LogP contribution in [0.4, 0.5) is 11.4 Å². The van der Waals surface area contributed by atoms with Crippen LogP contribution in [0.3, 0.4) is 0 Å². The Hall–Kier alpha value is -1.71. The molecule has 1 aromatic rings. The second-order valence-corrected chi connectivity index (χ2v) is 6.03. The van der Waals surface area contributed by atoms with Crippen LogP contribution >= 0.6 is 0 Å². The number of nitrogens with two attached hydrogens (primary N) is 1. The summed E-state index contributed by atoms with van der Waals surface area (Å²) in [5, 5.41) is 9.22. The fourth-order valence-corrected chi connectivity index (χ4v) is 3.04. The number of hydrogen-bond donors (Lipinski definition) is 2. The fraction of sp³-hybridized carbons (Fsp3) is 0.562. The summed E-state index contributed by atoms with van der Waals surface area (Å²) in [6, 6.07) is 5.80. The third kappa shape index (κ3) is 3.06. The van der Waals surface area contributed by atoms with Crippen molar-refractivity contribution in [3.63, 3.8) is 0 Å². The molecule has 0 saturated heterocycles. The molecule has 20 heavy (non-hydrogen) atoms. The first-order valence-electron chi connectivity index (χ1n) is 7.39. The number of rotatable bonds is 5. The highest BCUT2D eigenvalue weighted by molar-refractivity contribution is 5.97. The Bertz CT molecular complexity index is 479. The molecule has 1 saturated carbocycles. The van der Waals surface area contributed by atoms with Gasteiger partial charge in [0.15, 0.2) is 0 Å². The molecule has 4 nitrogen and oxygen atoms in total. The van der Waals surface area contributed by atoms with Crippen molar-refractivity contribution >= 4 is 17.3 Å². The molecule has 1 fully saturated rings. The maximum Gasteiger partial charge on any atom is 0.337 e. The van der Waals surface area contributed by atoms with E-state index in [0.717, 1.165) is 12.2 Å². The molecule has 4 heteroatoms. The number of hydrogen-bond acceptors (Lipinski definition) is 3. The summed E-state index contributed by atoms with van der Waals surface area (Å²) in [5.74, 6) is -0.441. The lowest BCUT2D eigenvalue weighted by Gasteiger charge is -2.34. The number of carboxylic acids is 1. The molecule has 0 unspecified atom stereocenters. The zero-order valence-electron chi connectivity index (χ0n) is 12.3. The number of para-hydroxylation sites is 1.